The molecule has 113 heavy (non-hydrogen) atoms. The number of anilines is 1. The number of carbonyl (C=O) groups is 12. The molecule has 9 N–H and O–H groups in total. The zero-order valence-electron chi connectivity index (χ0n) is 64.0. The van der Waals surface area contributed by atoms with Crippen molar-refractivity contribution in [1.29, 1.82) is 10.8 Å². The topological polar surface area (TPSA) is 481 Å². The third kappa shape index (κ3) is 28.5. The van der Waals surface area contributed by atoms with Gasteiger partial charge in [-0.3, -0.25) is 33.6 Å². The summed E-state index contributed by atoms with van der Waals surface area (Å²) in [4.78, 5) is 157. The van der Waals surface area contributed by atoms with Gasteiger partial charge in [0.05, 0.1) is 43.8 Å². The van der Waals surface area contributed by atoms with Gasteiger partial charge in [-0.1, -0.05) is 61.7 Å². The number of aliphatic hydroxyl groups is 2. The molecule has 4 unspecified atom stereocenters. The monoisotopic (exact) mass is 1560 g/mol. The molecule has 6 aromatic rings. The highest BCUT2D eigenvalue weighted by molar-refractivity contribution is 6.10. The van der Waals surface area contributed by atoms with Gasteiger partial charge in [-0.25, -0.2) is 33.9 Å². The van der Waals surface area contributed by atoms with Crippen LogP contribution in [0.25, 0.3) is 34.4 Å². The number of nitrogen functional groups attached to an aromatic ring is 1. The van der Waals surface area contributed by atoms with Crippen LogP contribution in [-0.2, 0) is 86.2 Å². The quantitative estimate of drug-likeness (QED) is 0.00464. The number of amides is 2. The first-order valence-corrected chi connectivity index (χ1v) is 35.7. The Hall–Kier alpha value is -12.8. The number of ether oxygens (including phenoxy) is 10. The summed E-state index contributed by atoms with van der Waals surface area (Å²) in [5.41, 5.74) is 8.70. The number of rotatable bonds is 34. The van der Waals surface area contributed by atoms with Crippen molar-refractivity contribution in [2.45, 2.75) is 165 Å². The van der Waals surface area contributed by atoms with Crippen molar-refractivity contribution >= 4 is 101 Å². The Kier molecular flexibility index (Phi) is 33.4. The Morgan fingerprint density at radius 2 is 0.867 bits per heavy atom. The van der Waals surface area contributed by atoms with Crippen molar-refractivity contribution in [1.82, 2.24) is 20.6 Å². The molecule has 2 aromatic heterocycles. The molecule has 2 saturated carbocycles. The number of aromatic carboxylic acids is 1. The average Bonchev–Trinajstić information content (AvgIpc) is 1.78. The van der Waals surface area contributed by atoms with Crippen molar-refractivity contribution in [3.63, 3.8) is 0 Å². The molecule has 32 heteroatoms. The molecule has 2 fully saturated rings. The maximum absolute atomic E-state index is 14.1. The number of carbonyl (C=O) groups excluding carboxylic acids is 11. The van der Waals surface area contributed by atoms with Crippen molar-refractivity contribution in [2.75, 3.05) is 18.8 Å². The molecule has 0 radical (unpaired) electrons. The number of nitrogens with zero attached hydrogens (tertiary/aromatic N) is 2. The fourth-order valence-electron chi connectivity index (χ4n) is 10.5. The second kappa shape index (κ2) is 42.4. The number of hydrogen-bond acceptors (Lipinski definition) is 29. The van der Waals surface area contributed by atoms with Crippen molar-refractivity contribution in [3.05, 3.63) is 183 Å². The lowest BCUT2D eigenvalue weighted by molar-refractivity contribution is -0.183. The number of hydrogen-bond donors (Lipinski definition) is 8. The molecule has 0 saturated heterocycles. The minimum atomic E-state index is -1.42. The molecule has 2 aliphatic carbocycles. The number of Topliss-reactive ketones (excluding diaryl/α,β-unsaturated/α-hetero) is 1. The van der Waals surface area contributed by atoms with E-state index in [0.29, 0.717) is 69.6 Å². The first kappa shape index (κ1) is 89.1. The molecular weight excluding hydrogens is 1470 g/mol. The van der Waals surface area contributed by atoms with Crippen molar-refractivity contribution < 1.29 is 120 Å². The van der Waals surface area contributed by atoms with E-state index >= 15 is 0 Å². The van der Waals surface area contributed by atoms with Gasteiger partial charge in [0.1, 0.15) is 11.4 Å². The van der Waals surface area contributed by atoms with E-state index in [-0.39, 0.29) is 86.8 Å². The highest BCUT2D eigenvalue weighted by Crippen LogP contribution is 2.35. The lowest BCUT2D eigenvalue weighted by Crippen LogP contribution is -2.28. The molecule has 0 bridgehead atoms. The minimum Gasteiger partial charge on any atom is -0.478 e. The molecule has 2 amide bonds. The smallest absolute Gasteiger partial charge is 0.478 e. The van der Waals surface area contributed by atoms with Crippen LogP contribution in [0, 0.1) is 22.7 Å². The SMILES string of the molecule is C=Cc1cc(C(=O)Cc2ccc(C(=N)CC(=O)OC(C)OC(C)=O)cc2)c(-c2ccc(C(=O)NCC3CC3)nc2C(=O)OC(C)OC(=O)OC(C)C)cc1CO.C=Cc1cc(C(=O)O)c(-c2ccc(C(=O)NCC3CC3)nc2C(=O)OC(C)OC(=O)OC(C)C)cc1CO.CC(=O)OC(C)OC(=O)CC(=N)c1ccc(N)cc1. The third-order valence-electron chi connectivity index (χ3n) is 16.2. The summed E-state index contributed by atoms with van der Waals surface area (Å²) in [6.45, 7) is 21.8. The Labute approximate surface area is 650 Å². The van der Waals surface area contributed by atoms with Crippen LogP contribution >= 0.6 is 0 Å². The first-order chi connectivity index (χ1) is 53.5. The maximum Gasteiger partial charge on any atom is 0.511 e. The fraction of sp³-hybridized carbons (Fsp3) is 0.358. The van der Waals surface area contributed by atoms with Crippen LogP contribution in [-0.4, -0.2) is 159 Å². The first-order valence-electron chi connectivity index (χ1n) is 35.7. The van der Waals surface area contributed by atoms with Crippen molar-refractivity contribution in [2.24, 2.45) is 11.8 Å². The van der Waals surface area contributed by atoms with Gasteiger partial charge in [-0.15, -0.1) is 0 Å². The van der Waals surface area contributed by atoms with Gasteiger partial charge in [-0.2, -0.15) is 0 Å². The predicted octanol–water partition coefficient (Wildman–Crippen LogP) is 11.0. The molecule has 4 aromatic carbocycles. The van der Waals surface area contributed by atoms with E-state index in [2.05, 4.69) is 38.5 Å². The van der Waals surface area contributed by atoms with Gasteiger partial charge >= 0.3 is 54.1 Å². The predicted molar refractivity (Wildman–Crippen MR) is 406 cm³/mol. The van der Waals surface area contributed by atoms with Gasteiger partial charge in [0.15, 0.2) is 17.2 Å². The van der Waals surface area contributed by atoms with Crippen LogP contribution < -0.4 is 16.4 Å². The minimum absolute atomic E-state index is 0.0356. The molecule has 2 heterocycles. The number of aromatic nitrogens is 2. The van der Waals surface area contributed by atoms with E-state index in [0.717, 1.165) is 25.7 Å². The number of carboxylic acids is 1. The van der Waals surface area contributed by atoms with Gasteiger partial charge in [0.2, 0.25) is 25.2 Å². The van der Waals surface area contributed by atoms with E-state index in [4.69, 9.17) is 59.2 Å². The molecule has 4 atom stereocenters. The van der Waals surface area contributed by atoms with Gasteiger partial charge < -0.3 is 89.9 Å². The van der Waals surface area contributed by atoms with Crippen LogP contribution in [0.4, 0.5) is 15.3 Å². The van der Waals surface area contributed by atoms with Gasteiger partial charge in [0.25, 0.3) is 11.8 Å². The lowest BCUT2D eigenvalue weighted by atomic mass is 9.89. The Balaban J connectivity index is 0.000000298. The number of benzene rings is 4. The standard InChI is InChI=1S/C41H45N3O12.C27H30N2O9.C13H16N2O4/c1-7-28-17-33(36(47)16-26-10-12-29(13-11-26)34(42)19-37(48)54-24(5)53-23(4)46)32(18-30(28)21-45)31-14-15-35(39(49)43-20-27-8-9-27)44-38(31)40(50)55-25(6)56-41(51)52-22(2)3;1-5-17-10-21(25(32)33)20(11-18(17)13-30)19-8-9-22(24(31)28-12-16-6-7-16)29-23(19)26(34)37-15(4)38-27(35)36-14(2)3;1-8(16)18-9(2)19-13(17)7-12(15)10-3-5-11(14)6-4-10/h7,10-15,17-18,22,24-25,27,42,45H,1,8-9,16,19-21H2,2-6H3,(H,43,49);5,8-11,14-16,30H,1,6-7,12-13H2,2-4H3,(H,28,31)(H,32,33);3-6,9,15H,7,14H2,1-2H3. The normalized spacial score (nSPS) is 12.9. The third-order valence-corrected chi connectivity index (χ3v) is 16.2. The maximum atomic E-state index is 14.1. The van der Waals surface area contributed by atoms with E-state index in [9.17, 15) is 72.9 Å². The fourth-order valence-corrected chi connectivity index (χ4v) is 10.5. The van der Waals surface area contributed by atoms with E-state index in [1.165, 1.54) is 102 Å². The molecule has 8 rings (SSSR count). The van der Waals surface area contributed by atoms with Crippen LogP contribution in [0.2, 0.25) is 0 Å². The molecule has 0 aliphatic heterocycles. The second-order valence-electron chi connectivity index (χ2n) is 26.3. The molecule has 32 nitrogen and oxygen atoms in total. The van der Waals surface area contributed by atoms with Gasteiger partial charge in [-0.05, 0) is 176 Å². The summed E-state index contributed by atoms with van der Waals surface area (Å²) in [6.07, 6.45) is -1.77. The number of ketones is 1. The number of pyridine rings is 2. The molecule has 600 valence electrons. The van der Waals surface area contributed by atoms with Gasteiger partial charge in [0, 0.05) is 94.9 Å². The number of esters is 6. The summed E-state index contributed by atoms with van der Waals surface area (Å²) >= 11 is 0. The zero-order chi connectivity index (χ0) is 83.5. The van der Waals surface area contributed by atoms with Crippen LogP contribution in [0.15, 0.2) is 110 Å². The largest absolute Gasteiger partial charge is 0.511 e. The molecule has 0 spiro atoms. The summed E-state index contributed by atoms with van der Waals surface area (Å²) in [5.74, 6) is -6.65. The number of nitrogens with two attached hydrogens (primary N) is 1. The number of aliphatic hydroxyl groups excluding tert-OH is 2. The summed E-state index contributed by atoms with van der Waals surface area (Å²) in [6, 6.07) is 24.4. The van der Waals surface area contributed by atoms with E-state index in [1.807, 2.05) is 0 Å². The molecular formula is C81H91N7O25. The van der Waals surface area contributed by atoms with Crippen LogP contribution in [0.1, 0.15) is 209 Å². The number of carboxylic acid groups (broad SMARTS) is 1. The zero-order valence-corrected chi connectivity index (χ0v) is 64.0. The van der Waals surface area contributed by atoms with E-state index in [1.54, 1.807) is 76.2 Å². The lowest BCUT2D eigenvalue weighted by Gasteiger charge is -2.18. The summed E-state index contributed by atoms with van der Waals surface area (Å²) < 4.78 is 49.7. The van der Waals surface area contributed by atoms with Crippen molar-refractivity contribution in [3.8, 4) is 22.3 Å². The highest BCUT2D eigenvalue weighted by Gasteiger charge is 2.31. The van der Waals surface area contributed by atoms with Crippen LogP contribution in [0.3, 0.4) is 0 Å². The van der Waals surface area contributed by atoms with E-state index < -0.39 is 122 Å². The Morgan fingerprint density at radius 3 is 1.22 bits per heavy atom. The highest BCUT2D eigenvalue weighted by atomic mass is 16.8. The summed E-state index contributed by atoms with van der Waals surface area (Å²) in [5, 5.41) is 51.6. The van der Waals surface area contributed by atoms with Crippen LogP contribution in [0.5, 0.6) is 0 Å². The molecule has 2 aliphatic rings. The average molecular weight is 1560 g/mol. The Morgan fingerprint density at radius 1 is 0.496 bits per heavy atom. The Bertz CT molecular complexity index is 4570. The summed E-state index contributed by atoms with van der Waals surface area (Å²) in [7, 11) is 0. The number of nitrogens with one attached hydrogen (secondary N) is 4. The second-order valence-corrected chi connectivity index (χ2v) is 26.3.